The van der Waals surface area contributed by atoms with Gasteiger partial charge in [0.05, 0.1) is 7.11 Å². The molecular weight excluding hydrogens is 304 g/mol. The second-order valence-electron chi connectivity index (χ2n) is 6.25. The first-order chi connectivity index (χ1) is 11.8. The van der Waals surface area contributed by atoms with E-state index in [1.54, 1.807) is 7.11 Å². The van der Waals surface area contributed by atoms with Crippen LogP contribution in [0.4, 0.5) is 0 Å². The van der Waals surface area contributed by atoms with Gasteiger partial charge in [-0.05, 0) is 56.0 Å². The lowest BCUT2D eigenvalue weighted by Crippen LogP contribution is -2.42. The van der Waals surface area contributed by atoms with E-state index >= 15 is 0 Å². The van der Waals surface area contributed by atoms with Gasteiger partial charge in [-0.25, -0.2) is 0 Å². The number of hydrogen-bond acceptors (Lipinski definition) is 6. The van der Waals surface area contributed by atoms with Crippen molar-refractivity contribution < 1.29 is 9.47 Å². The molecule has 1 unspecified atom stereocenters. The lowest BCUT2D eigenvalue weighted by molar-refractivity contribution is 0.170. The Balaban J connectivity index is 1.31. The van der Waals surface area contributed by atoms with E-state index in [-0.39, 0.29) is 6.10 Å². The minimum Gasteiger partial charge on any atom is -0.497 e. The molecule has 0 radical (unpaired) electrons. The molecule has 3 rings (SSSR count). The SMILES string of the molecule is COc1ccc2c(c1)CCC(CNCCCNC1=NCCCN1)O2. The Kier molecular flexibility index (Phi) is 6.18. The molecular formula is C18H28N4O2. The summed E-state index contributed by atoms with van der Waals surface area (Å²) in [6, 6.07) is 6.05. The number of ether oxygens (including phenoxy) is 2. The fraction of sp³-hybridized carbons (Fsp3) is 0.611. The maximum Gasteiger partial charge on any atom is 0.191 e. The van der Waals surface area contributed by atoms with Crippen LogP contribution in [0.15, 0.2) is 23.2 Å². The van der Waals surface area contributed by atoms with Crippen LogP contribution < -0.4 is 25.4 Å². The summed E-state index contributed by atoms with van der Waals surface area (Å²) in [6.45, 7) is 4.77. The fourth-order valence-corrected chi connectivity index (χ4v) is 3.03. The molecule has 132 valence electrons. The summed E-state index contributed by atoms with van der Waals surface area (Å²) >= 11 is 0. The average molecular weight is 332 g/mol. The van der Waals surface area contributed by atoms with E-state index in [1.165, 1.54) is 5.56 Å². The van der Waals surface area contributed by atoms with E-state index in [4.69, 9.17) is 9.47 Å². The molecule has 2 heterocycles. The molecule has 0 spiro atoms. The predicted molar refractivity (Wildman–Crippen MR) is 96.1 cm³/mol. The van der Waals surface area contributed by atoms with Gasteiger partial charge in [0, 0.05) is 26.2 Å². The Morgan fingerprint density at radius 1 is 1.38 bits per heavy atom. The first kappa shape index (κ1) is 16.9. The monoisotopic (exact) mass is 332 g/mol. The highest BCUT2D eigenvalue weighted by molar-refractivity contribution is 5.80. The number of guanidine groups is 1. The third-order valence-corrected chi connectivity index (χ3v) is 4.39. The highest BCUT2D eigenvalue weighted by Crippen LogP contribution is 2.30. The molecule has 0 saturated heterocycles. The molecule has 6 heteroatoms. The number of aryl methyl sites for hydroxylation is 1. The van der Waals surface area contributed by atoms with Crippen molar-refractivity contribution in [3.63, 3.8) is 0 Å². The summed E-state index contributed by atoms with van der Waals surface area (Å²) in [6.07, 6.45) is 4.55. The third-order valence-electron chi connectivity index (χ3n) is 4.39. The number of fused-ring (bicyclic) bond motifs is 1. The van der Waals surface area contributed by atoms with Crippen LogP contribution >= 0.6 is 0 Å². The highest BCUT2D eigenvalue weighted by Gasteiger charge is 2.19. The molecule has 0 aromatic heterocycles. The van der Waals surface area contributed by atoms with E-state index in [2.05, 4.69) is 27.0 Å². The van der Waals surface area contributed by atoms with Gasteiger partial charge in [0.1, 0.15) is 17.6 Å². The quantitative estimate of drug-likeness (QED) is 0.657. The summed E-state index contributed by atoms with van der Waals surface area (Å²) in [5.74, 6) is 2.85. The second-order valence-corrected chi connectivity index (χ2v) is 6.25. The Hall–Kier alpha value is -1.95. The largest absolute Gasteiger partial charge is 0.497 e. The zero-order chi connectivity index (χ0) is 16.6. The van der Waals surface area contributed by atoms with Crippen LogP contribution in [-0.4, -0.2) is 51.9 Å². The number of nitrogens with one attached hydrogen (secondary N) is 3. The molecule has 0 amide bonds. The van der Waals surface area contributed by atoms with Crippen molar-refractivity contribution in [1.29, 1.82) is 0 Å². The van der Waals surface area contributed by atoms with Gasteiger partial charge in [0.15, 0.2) is 5.96 Å². The normalized spacial score (nSPS) is 19.5. The van der Waals surface area contributed by atoms with Crippen molar-refractivity contribution in [3.8, 4) is 11.5 Å². The summed E-state index contributed by atoms with van der Waals surface area (Å²) in [4.78, 5) is 4.40. The van der Waals surface area contributed by atoms with Crippen molar-refractivity contribution in [1.82, 2.24) is 16.0 Å². The molecule has 2 aliphatic heterocycles. The minimum absolute atomic E-state index is 0.253. The molecule has 2 aliphatic rings. The Bertz CT molecular complexity index is 562. The maximum atomic E-state index is 6.07. The van der Waals surface area contributed by atoms with Crippen molar-refractivity contribution in [3.05, 3.63) is 23.8 Å². The summed E-state index contributed by atoms with van der Waals surface area (Å²) in [5, 5.41) is 10.1. The van der Waals surface area contributed by atoms with Gasteiger partial charge in [0.2, 0.25) is 0 Å². The standard InChI is InChI=1S/C18H28N4O2/c1-23-15-6-7-17-14(12-15)4-5-16(24-17)13-19-8-2-9-20-18-21-10-3-11-22-18/h6-7,12,16,19H,2-5,8-11,13H2,1H3,(H2,20,21,22). The van der Waals surface area contributed by atoms with Crippen LogP contribution in [0, 0.1) is 0 Å². The molecule has 1 atom stereocenters. The lowest BCUT2D eigenvalue weighted by atomic mass is 10.0. The van der Waals surface area contributed by atoms with Crippen molar-refractivity contribution >= 4 is 5.96 Å². The highest BCUT2D eigenvalue weighted by atomic mass is 16.5. The number of aliphatic imine (C=N–C) groups is 1. The Morgan fingerprint density at radius 2 is 2.33 bits per heavy atom. The van der Waals surface area contributed by atoms with Gasteiger partial charge >= 0.3 is 0 Å². The molecule has 0 fully saturated rings. The zero-order valence-electron chi connectivity index (χ0n) is 14.4. The first-order valence-electron chi connectivity index (χ1n) is 8.91. The zero-order valence-corrected chi connectivity index (χ0v) is 14.4. The number of rotatable bonds is 7. The number of methoxy groups -OCH3 is 1. The van der Waals surface area contributed by atoms with Crippen LogP contribution in [0.2, 0.25) is 0 Å². The molecule has 1 aromatic carbocycles. The molecule has 0 aliphatic carbocycles. The van der Waals surface area contributed by atoms with Gasteiger partial charge in [-0.3, -0.25) is 4.99 Å². The van der Waals surface area contributed by atoms with Gasteiger partial charge < -0.3 is 25.4 Å². The van der Waals surface area contributed by atoms with E-state index in [1.807, 2.05) is 12.1 Å². The smallest absolute Gasteiger partial charge is 0.191 e. The predicted octanol–water partition coefficient (Wildman–Crippen LogP) is 1.31. The molecule has 24 heavy (non-hydrogen) atoms. The van der Waals surface area contributed by atoms with E-state index in [0.717, 1.165) is 75.9 Å². The van der Waals surface area contributed by atoms with Crippen molar-refractivity contribution in [2.75, 3.05) is 39.8 Å². The Morgan fingerprint density at radius 3 is 3.17 bits per heavy atom. The lowest BCUT2D eigenvalue weighted by Gasteiger charge is -2.26. The molecule has 3 N–H and O–H groups in total. The second kappa shape index (κ2) is 8.78. The fourth-order valence-electron chi connectivity index (χ4n) is 3.03. The molecule has 0 bridgehead atoms. The van der Waals surface area contributed by atoms with Gasteiger partial charge in [-0.1, -0.05) is 0 Å². The summed E-state index contributed by atoms with van der Waals surface area (Å²) in [7, 11) is 1.70. The van der Waals surface area contributed by atoms with E-state index in [9.17, 15) is 0 Å². The summed E-state index contributed by atoms with van der Waals surface area (Å²) in [5.41, 5.74) is 1.25. The van der Waals surface area contributed by atoms with Crippen LogP contribution in [0.5, 0.6) is 11.5 Å². The number of nitrogens with zero attached hydrogens (tertiary/aromatic N) is 1. The minimum atomic E-state index is 0.253. The van der Waals surface area contributed by atoms with E-state index < -0.39 is 0 Å². The third kappa shape index (κ3) is 4.77. The van der Waals surface area contributed by atoms with Crippen LogP contribution in [-0.2, 0) is 6.42 Å². The van der Waals surface area contributed by atoms with E-state index in [0.29, 0.717) is 0 Å². The van der Waals surface area contributed by atoms with Crippen molar-refractivity contribution in [2.45, 2.75) is 31.8 Å². The van der Waals surface area contributed by atoms with Gasteiger partial charge in [-0.2, -0.15) is 0 Å². The maximum absolute atomic E-state index is 6.07. The average Bonchev–Trinajstić information content (AvgIpc) is 2.65. The van der Waals surface area contributed by atoms with Gasteiger partial charge in [0.25, 0.3) is 0 Å². The first-order valence-corrected chi connectivity index (χ1v) is 8.91. The molecule has 0 saturated carbocycles. The van der Waals surface area contributed by atoms with Gasteiger partial charge in [-0.15, -0.1) is 0 Å². The topological polar surface area (TPSA) is 66.9 Å². The number of hydrogen-bond donors (Lipinski definition) is 3. The van der Waals surface area contributed by atoms with Crippen molar-refractivity contribution in [2.24, 2.45) is 4.99 Å². The summed E-state index contributed by atoms with van der Waals surface area (Å²) < 4.78 is 11.3. The molecule has 1 aromatic rings. The van der Waals surface area contributed by atoms with Crippen LogP contribution in [0.3, 0.4) is 0 Å². The Labute approximate surface area is 144 Å². The van der Waals surface area contributed by atoms with Crippen LogP contribution in [0.25, 0.3) is 0 Å². The molecule has 6 nitrogen and oxygen atoms in total. The van der Waals surface area contributed by atoms with Crippen LogP contribution in [0.1, 0.15) is 24.8 Å². The number of benzene rings is 1.